The number of nitrogens with two attached hydrogens (primary N) is 1. The van der Waals surface area contributed by atoms with E-state index in [1.54, 1.807) is 11.3 Å². The molecule has 10 rings (SSSR count). The maximum Gasteiger partial charge on any atom is 0.143 e. The Hall–Kier alpha value is -5.76. The van der Waals surface area contributed by atoms with E-state index in [-0.39, 0.29) is 6.17 Å². The van der Waals surface area contributed by atoms with E-state index in [0.29, 0.717) is 6.54 Å². The van der Waals surface area contributed by atoms with Crippen LogP contribution in [-0.2, 0) is 6.54 Å². The van der Waals surface area contributed by atoms with Gasteiger partial charge in [-0.2, -0.15) is 0 Å². The summed E-state index contributed by atoms with van der Waals surface area (Å²) in [7, 11) is 0. The van der Waals surface area contributed by atoms with Gasteiger partial charge in [-0.15, -0.1) is 11.3 Å². The Morgan fingerprint density at radius 2 is 1.18 bits per heavy atom. The van der Waals surface area contributed by atoms with Crippen molar-refractivity contribution < 1.29 is 8.83 Å². The molecule has 0 spiro atoms. The summed E-state index contributed by atoms with van der Waals surface area (Å²) in [5.41, 5.74) is 16.0. The number of nitrogens with one attached hydrogen (secondary N) is 2. The molecule has 2 atom stereocenters. The molecular weight excluding hydrogens is 647 g/mol. The number of thiophene rings is 1. The number of rotatable bonds is 8. The zero-order valence-electron chi connectivity index (χ0n) is 27.6. The van der Waals surface area contributed by atoms with Crippen molar-refractivity contribution in [3.8, 4) is 11.1 Å². The largest absolute Gasteiger partial charge is 0.456 e. The highest BCUT2D eigenvalue weighted by Crippen LogP contribution is 2.41. The third-order valence-corrected chi connectivity index (χ3v) is 11.2. The summed E-state index contributed by atoms with van der Waals surface area (Å²) in [5, 5.41) is 14.3. The third kappa shape index (κ3) is 5.20. The van der Waals surface area contributed by atoms with Crippen LogP contribution in [0, 0.1) is 0 Å². The standard InChI is InChI=1S/C45H33N3O2S/c46-44(48-45(47-26-27-10-2-1-3-11-27)35-17-9-16-34-32-13-5-7-19-39(32)50-43(34)35)29-21-23-41-37(25-29)36-24-28(20-22-40(36)51-41)30-14-8-15-33-31-12-4-6-18-38(31)49-42(30)33/h1-25,44-45,47-48H,26,46H2. The summed E-state index contributed by atoms with van der Waals surface area (Å²) in [6.45, 7) is 0.663. The first kappa shape index (κ1) is 30.1. The Balaban J connectivity index is 1.03. The number of benzene rings is 7. The van der Waals surface area contributed by atoms with Crippen LogP contribution < -0.4 is 16.4 Å². The monoisotopic (exact) mass is 679 g/mol. The van der Waals surface area contributed by atoms with Crippen molar-refractivity contribution in [2.45, 2.75) is 18.9 Å². The van der Waals surface area contributed by atoms with Gasteiger partial charge in [0, 0.05) is 59.4 Å². The molecule has 0 fully saturated rings. The van der Waals surface area contributed by atoms with Gasteiger partial charge in [0.25, 0.3) is 0 Å². The zero-order valence-corrected chi connectivity index (χ0v) is 28.4. The predicted octanol–water partition coefficient (Wildman–Crippen LogP) is 11.6. The summed E-state index contributed by atoms with van der Waals surface area (Å²) in [6, 6.07) is 52.9. The van der Waals surface area contributed by atoms with Gasteiger partial charge in [-0.3, -0.25) is 10.6 Å². The van der Waals surface area contributed by atoms with Crippen LogP contribution in [0.5, 0.6) is 0 Å². The Morgan fingerprint density at radius 1 is 0.549 bits per heavy atom. The van der Waals surface area contributed by atoms with Crippen molar-refractivity contribution in [3.05, 3.63) is 168 Å². The fraction of sp³-hybridized carbons (Fsp3) is 0.0667. The fourth-order valence-corrected chi connectivity index (χ4v) is 8.54. The summed E-state index contributed by atoms with van der Waals surface area (Å²) in [4.78, 5) is 0. The normalized spacial score (nSPS) is 13.3. The molecule has 7 aromatic carbocycles. The van der Waals surface area contributed by atoms with Gasteiger partial charge in [-0.05, 0) is 53.1 Å². The summed E-state index contributed by atoms with van der Waals surface area (Å²) >= 11 is 1.80. The molecule has 0 aliphatic carbocycles. The fourth-order valence-electron chi connectivity index (χ4n) is 7.48. The third-order valence-electron chi connectivity index (χ3n) is 10.0. The van der Waals surface area contributed by atoms with Crippen molar-refractivity contribution in [2.75, 3.05) is 0 Å². The minimum absolute atomic E-state index is 0.282. The first-order valence-electron chi connectivity index (χ1n) is 17.2. The van der Waals surface area contributed by atoms with Crippen LogP contribution in [-0.4, -0.2) is 0 Å². The van der Waals surface area contributed by atoms with E-state index in [2.05, 4.69) is 132 Å². The Bertz CT molecular complexity index is 2890. The van der Waals surface area contributed by atoms with Crippen LogP contribution in [0.25, 0.3) is 75.2 Å². The SMILES string of the molecule is NC(NC(NCc1ccccc1)c1cccc2c1oc1ccccc12)c1ccc2sc3ccc(-c4cccc5c4oc4ccccc45)cc3c2c1. The topological polar surface area (TPSA) is 76.4 Å². The van der Waals surface area contributed by atoms with Crippen LogP contribution >= 0.6 is 11.3 Å². The number of para-hydroxylation sites is 4. The highest BCUT2D eigenvalue weighted by molar-refractivity contribution is 7.25. The van der Waals surface area contributed by atoms with Gasteiger partial charge >= 0.3 is 0 Å². The molecule has 51 heavy (non-hydrogen) atoms. The molecule has 2 unspecified atom stereocenters. The molecule has 0 aliphatic rings. The highest BCUT2D eigenvalue weighted by atomic mass is 32.1. The molecule has 3 heterocycles. The molecular formula is C45H33N3O2S. The van der Waals surface area contributed by atoms with Crippen LogP contribution in [0.1, 0.15) is 29.0 Å². The van der Waals surface area contributed by atoms with Gasteiger partial charge in [-0.1, -0.05) is 115 Å². The Morgan fingerprint density at radius 3 is 1.96 bits per heavy atom. The van der Waals surface area contributed by atoms with Crippen LogP contribution in [0.3, 0.4) is 0 Å². The molecule has 0 amide bonds. The van der Waals surface area contributed by atoms with Crippen molar-refractivity contribution in [1.82, 2.24) is 10.6 Å². The van der Waals surface area contributed by atoms with Gasteiger partial charge in [0.1, 0.15) is 22.3 Å². The van der Waals surface area contributed by atoms with Crippen molar-refractivity contribution in [1.29, 1.82) is 0 Å². The lowest BCUT2D eigenvalue weighted by molar-refractivity contribution is 0.385. The van der Waals surface area contributed by atoms with E-state index < -0.39 is 6.17 Å². The van der Waals surface area contributed by atoms with Gasteiger partial charge in [0.2, 0.25) is 0 Å². The molecule has 0 radical (unpaired) electrons. The van der Waals surface area contributed by atoms with Crippen LogP contribution in [0.4, 0.5) is 0 Å². The summed E-state index contributed by atoms with van der Waals surface area (Å²) in [5.74, 6) is 0. The molecule has 0 saturated carbocycles. The van der Waals surface area contributed by atoms with Gasteiger partial charge in [0.15, 0.2) is 0 Å². The van der Waals surface area contributed by atoms with Crippen molar-refractivity contribution in [2.24, 2.45) is 5.73 Å². The van der Waals surface area contributed by atoms with E-state index >= 15 is 0 Å². The number of fused-ring (bicyclic) bond motifs is 9. The number of hydrogen-bond donors (Lipinski definition) is 3. The first-order valence-corrected chi connectivity index (χ1v) is 18.1. The quantitative estimate of drug-likeness (QED) is 0.139. The summed E-state index contributed by atoms with van der Waals surface area (Å²) in [6.07, 6.45) is -0.736. The average molecular weight is 680 g/mol. The molecule has 10 aromatic rings. The number of furan rings is 2. The van der Waals surface area contributed by atoms with E-state index in [1.807, 2.05) is 30.3 Å². The Labute approximate surface area is 297 Å². The van der Waals surface area contributed by atoms with Crippen molar-refractivity contribution in [3.63, 3.8) is 0 Å². The lowest BCUT2D eigenvalue weighted by atomic mass is 9.99. The highest BCUT2D eigenvalue weighted by Gasteiger charge is 2.22. The molecule has 0 saturated heterocycles. The van der Waals surface area contributed by atoms with E-state index in [0.717, 1.165) is 66.1 Å². The lowest BCUT2D eigenvalue weighted by Gasteiger charge is -2.25. The zero-order chi connectivity index (χ0) is 33.9. The molecule has 0 bridgehead atoms. The van der Waals surface area contributed by atoms with E-state index in [1.165, 1.54) is 25.7 Å². The number of hydrogen-bond acceptors (Lipinski definition) is 6. The first-order chi connectivity index (χ1) is 25.2. The summed E-state index contributed by atoms with van der Waals surface area (Å²) < 4.78 is 15.3. The molecule has 3 aromatic heterocycles. The maximum atomic E-state index is 7.05. The van der Waals surface area contributed by atoms with Crippen LogP contribution in [0.2, 0.25) is 0 Å². The Kier molecular flexibility index (Phi) is 7.22. The van der Waals surface area contributed by atoms with E-state index in [9.17, 15) is 0 Å². The molecule has 6 heteroatoms. The average Bonchev–Trinajstić information content (AvgIpc) is 3.87. The molecule has 5 nitrogen and oxygen atoms in total. The molecule has 0 aliphatic heterocycles. The molecule has 246 valence electrons. The van der Waals surface area contributed by atoms with E-state index in [4.69, 9.17) is 14.6 Å². The van der Waals surface area contributed by atoms with Gasteiger partial charge in [0.05, 0.1) is 12.3 Å². The van der Waals surface area contributed by atoms with Gasteiger partial charge in [-0.25, -0.2) is 0 Å². The second kappa shape index (κ2) is 12.2. The van der Waals surface area contributed by atoms with Crippen molar-refractivity contribution >= 4 is 75.4 Å². The minimum atomic E-state index is -0.454. The predicted molar refractivity (Wildman–Crippen MR) is 212 cm³/mol. The second-order valence-electron chi connectivity index (χ2n) is 13.1. The minimum Gasteiger partial charge on any atom is -0.456 e. The van der Waals surface area contributed by atoms with Crippen LogP contribution in [0.15, 0.2) is 160 Å². The maximum absolute atomic E-state index is 7.05. The lowest BCUT2D eigenvalue weighted by Crippen LogP contribution is -2.39. The molecule has 4 N–H and O–H groups in total. The van der Waals surface area contributed by atoms with Gasteiger partial charge < -0.3 is 14.6 Å². The smallest absolute Gasteiger partial charge is 0.143 e. The second-order valence-corrected chi connectivity index (χ2v) is 14.2.